The van der Waals surface area contributed by atoms with Gasteiger partial charge in [-0.3, -0.25) is 4.79 Å². The van der Waals surface area contributed by atoms with Gasteiger partial charge in [-0.1, -0.05) is 47.6 Å². The van der Waals surface area contributed by atoms with Crippen LogP contribution in [-0.2, 0) is 0 Å². The number of hydrogen-bond acceptors (Lipinski definition) is 4. The molecule has 2 aromatic carbocycles. The topological polar surface area (TPSA) is 64.4 Å². The monoisotopic (exact) mass is 428 g/mol. The minimum absolute atomic E-state index is 0.0265. The Morgan fingerprint density at radius 2 is 1.59 bits per heavy atom. The summed E-state index contributed by atoms with van der Waals surface area (Å²) in [5.41, 5.74) is 3.33. The number of hydrogen-bond donors (Lipinski definition) is 1. The quantitative estimate of drug-likeness (QED) is 0.565. The van der Waals surface area contributed by atoms with Crippen LogP contribution in [0, 0.1) is 17.8 Å². The maximum Gasteiger partial charge on any atom is 0.273 e. The van der Waals surface area contributed by atoms with Gasteiger partial charge >= 0.3 is 0 Å². The summed E-state index contributed by atoms with van der Waals surface area (Å²) in [5.74, 6) is 3.70. The molecule has 4 aliphatic carbocycles. The third kappa shape index (κ3) is 3.40. The summed E-state index contributed by atoms with van der Waals surface area (Å²) >= 11 is 0. The summed E-state index contributed by atoms with van der Waals surface area (Å²) in [5, 5.41) is 7.47. The van der Waals surface area contributed by atoms with Crippen LogP contribution in [0.4, 0.5) is 0 Å². The number of amides is 1. The summed E-state index contributed by atoms with van der Waals surface area (Å²) in [6, 6.07) is 17.7. The van der Waals surface area contributed by atoms with Gasteiger partial charge in [0.2, 0.25) is 0 Å². The minimum atomic E-state index is -0.104. The Hall–Kier alpha value is -3.08. The summed E-state index contributed by atoms with van der Waals surface area (Å²) in [4.78, 5) is 13.0. The molecule has 0 unspecified atom stereocenters. The molecule has 3 aromatic rings. The first-order valence-corrected chi connectivity index (χ1v) is 11.6. The normalized spacial score (nSPS) is 28.0. The molecule has 0 atom stereocenters. The number of nitrogens with one attached hydrogen (secondary N) is 1. The van der Waals surface area contributed by atoms with Crippen LogP contribution < -0.4 is 10.1 Å². The molecule has 4 saturated carbocycles. The molecule has 1 aromatic heterocycles. The van der Waals surface area contributed by atoms with Crippen molar-refractivity contribution in [2.45, 2.75) is 44.1 Å². The number of carbonyl (C=O) groups is 1. The lowest BCUT2D eigenvalue weighted by Gasteiger charge is -2.56. The molecule has 32 heavy (non-hydrogen) atoms. The van der Waals surface area contributed by atoms with Crippen LogP contribution in [0.25, 0.3) is 22.5 Å². The van der Waals surface area contributed by atoms with Crippen molar-refractivity contribution in [3.05, 3.63) is 60.3 Å². The molecular formula is C27H28N2O3. The van der Waals surface area contributed by atoms with E-state index in [1.54, 1.807) is 13.2 Å². The van der Waals surface area contributed by atoms with E-state index in [0.29, 0.717) is 11.5 Å². The second-order valence-electron chi connectivity index (χ2n) is 10.0. The van der Waals surface area contributed by atoms with Gasteiger partial charge in [0.15, 0.2) is 11.5 Å². The molecule has 0 spiro atoms. The standard InChI is InChI=1S/C27H28N2O3/c1-31-24-5-3-2-4-22(24)20-6-8-21(9-7-20)25-13-23(29-32-25)26(30)28-27-14-17-10-18(15-27)12-19(11-17)16-27/h2-9,13,17-19H,10-12,14-16H2,1H3,(H,28,30). The predicted octanol–water partition coefficient (Wildman–Crippen LogP) is 5.72. The van der Waals surface area contributed by atoms with Crippen LogP contribution in [0.3, 0.4) is 0 Å². The average molecular weight is 429 g/mol. The minimum Gasteiger partial charge on any atom is -0.496 e. The molecule has 1 amide bonds. The summed E-state index contributed by atoms with van der Waals surface area (Å²) < 4.78 is 11.0. The Bertz CT molecular complexity index is 1110. The number of nitrogens with zero attached hydrogens (tertiary/aromatic N) is 1. The molecule has 5 nitrogen and oxygen atoms in total. The third-order valence-corrected chi connectivity index (χ3v) is 7.75. The van der Waals surface area contributed by atoms with Gasteiger partial charge in [0, 0.05) is 22.7 Å². The van der Waals surface area contributed by atoms with Gasteiger partial charge in [-0.05, 0) is 67.9 Å². The molecule has 1 N–H and O–H groups in total. The fraction of sp³-hybridized carbons (Fsp3) is 0.407. The average Bonchev–Trinajstić information content (AvgIpc) is 3.29. The fourth-order valence-corrected chi connectivity index (χ4v) is 6.78. The third-order valence-electron chi connectivity index (χ3n) is 7.75. The Morgan fingerprint density at radius 3 is 2.25 bits per heavy atom. The number of carbonyl (C=O) groups excluding carboxylic acids is 1. The maximum absolute atomic E-state index is 13.0. The molecule has 0 radical (unpaired) electrons. The lowest BCUT2D eigenvalue weighted by Crippen LogP contribution is -2.59. The van der Waals surface area contributed by atoms with Gasteiger partial charge in [0.1, 0.15) is 5.75 Å². The highest BCUT2D eigenvalue weighted by molar-refractivity contribution is 5.93. The van der Waals surface area contributed by atoms with Crippen LogP contribution in [0.2, 0.25) is 0 Å². The predicted molar refractivity (Wildman–Crippen MR) is 122 cm³/mol. The van der Waals surface area contributed by atoms with Crippen LogP contribution in [-0.4, -0.2) is 23.7 Å². The molecule has 1 heterocycles. The molecule has 4 bridgehead atoms. The lowest BCUT2D eigenvalue weighted by atomic mass is 9.53. The van der Waals surface area contributed by atoms with Gasteiger partial charge in [0.05, 0.1) is 7.11 Å². The van der Waals surface area contributed by atoms with Crippen molar-refractivity contribution in [3.63, 3.8) is 0 Å². The van der Waals surface area contributed by atoms with E-state index < -0.39 is 0 Å². The van der Waals surface area contributed by atoms with Crippen molar-refractivity contribution in [3.8, 4) is 28.2 Å². The smallest absolute Gasteiger partial charge is 0.273 e. The zero-order valence-electron chi connectivity index (χ0n) is 18.3. The van der Waals surface area contributed by atoms with E-state index in [0.717, 1.165) is 59.5 Å². The first-order chi connectivity index (χ1) is 15.6. The first kappa shape index (κ1) is 19.6. The van der Waals surface area contributed by atoms with Crippen molar-refractivity contribution >= 4 is 5.91 Å². The fourth-order valence-electron chi connectivity index (χ4n) is 6.78. The number of aromatic nitrogens is 1. The summed E-state index contributed by atoms with van der Waals surface area (Å²) in [6.45, 7) is 0. The second kappa shape index (κ2) is 7.51. The second-order valence-corrected chi connectivity index (χ2v) is 10.0. The van der Waals surface area contributed by atoms with Crippen molar-refractivity contribution in [1.29, 1.82) is 0 Å². The molecule has 7 rings (SSSR count). The zero-order valence-corrected chi connectivity index (χ0v) is 18.3. The van der Waals surface area contributed by atoms with Crippen molar-refractivity contribution in [2.75, 3.05) is 7.11 Å². The Balaban J connectivity index is 1.19. The van der Waals surface area contributed by atoms with E-state index in [1.165, 1.54) is 19.3 Å². The van der Waals surface area contributed by atoms with Crippen molar-refractivity contribution in [1.82, 2.24) is 10.5 Å². The molecule has 4 fully saturated rings. The highest BCUT2D eigenvalue weighted by Gasteiger charge is 2.51. The number of methoxy groups -OCH3 is 1. The van der Waals surface area contributed by atoms with Crippen LogP contribution in [0.5, 0.6) is 5.75 Å². The SMILES string of the molecule is COc1ccccc1-c1ccc(-c2cc(C(=O)NC34CC5CC(CC(C5)C3)C4)no2)cc1. The molecule has 5 heteroatoms. The Kier molecular flexibility index (Phi) is 4.60. The van der Waals surface area contributed by atoms with E-state index in [1.807, 2.05) is 48.5 Å². The van der Waals surface area contributed by atoms with Crippen molar-refractivity contribution in [2.24, 2.45) is 17.8 Å². The van der Waals surface area contributed by atoms with Crippen LogP contribution >= 0.6 is 0 Å². The highest BCUT2D eigenvalue weighted by atomic mass is 16.5. The summed E-state index contributed by atoms with van der Waals surface area (Å²) in [6.07, 6.45) is 7.44. The molecule has 0 aliphatic heterocycles. The molecule has 4 aliphatic rings. The number of rotatable bonds is 5. The molecule has 0 saturated heterocycles. The largest absolute Gasteiger partial charge is 0.496 e. The number of para-hydroxylation sites is 1. The first-order valence-electron chi connectivity index (χ1n) is 11.6. The van der Waals surface area contributed by atoms with Gasteiger partial charge in [-0.15, -0.1) is 0 Å². The molecular weight excluding hydrogens is 400 g/mol. The van der Waals surface area contributed by atoms with E-state index in [2.05, 4.69) is 10.5 Å². The number of ether oxygens (including phenoxy) is 1. The molecule has 164 valence electrons. The van der Waals surface area contributed by atoms with E-state index in [4.69, 9.17) is 9.26 Å². The van der Waals surface area contributed by atoms with Crippen LogP contribution in [0.1, 0.15) is 49.0 Å². The Morgan fingerprint density at radius 1 is 0.969 bits per heavy atom. The van der Waals surface area contributed by atoms with Gasteiger partial charge in [0.25, 0.3) is 5.91 Å². The van der Waals surface area contributed by atoms with Crippen LogP contribution in [0.15, 0.2) is 59.1 Å². The van der Waals surface area contributed by atoms with Gasteiger partial charge in [-0.25, -0.2) is 0 Å². The highest BCUT2D eigenvalue weighted by Crippen LogP contribution is 2.55. The number of benzene rings is 2. The van der Waals surface area contributed by atoms with E-state index in [-0.39, 0.29) is 11.4 Å². The van der Waals surface area contributed by atoms with Gasteiger partial charge < -0.3 is 14.6 Å². The maximum atomic E-state index is 13.0. The van der Waals surface area contributed by atoms with E-state index in [9.17, 15) is 4.79 Å². The van der Waals surface area contributed by atoms with Crippen molar-refractivity contribution < 1.29 is 14.1 Å². The zero-order chi connectivity index (χ0) is 21.7. The van der Waals surface area contributed by atoms with Gasteiger partial charge in [-0.2, -0.15) is 0 Å². The lowest BCUT2D eigenvalue weighted by molar-refractivity contribution is -0.0168. The Labute approximate surface area is 188 Å². The summed E-state index contributed by atoms with van der Waals surface area (Å²) in [7, 11) is 1.68. The van der Waals surface area contributed by atoms with E-state index >= 15 is 0 Å².